The molecule has 2 amide bonds. The fourth-order valence-electron chi connectivity index (χ4n) is 2.76. The van der Waals surface area contributed by atoms with Crippen LogP contribution in [0.4, 0.5) is 5.13 Å². The van der Waals surface area contributed by atoms with Crippen molar-refractivity contribution in [3.05, 3.63) is 29.0 Å². The summed E-state index contributed by atoms with van der Waals surface area (Å²) in [5.74, 6) is -0.176. The molecule has 2 aromatic rings. The highest BCUT2D eigenvalue weighted by atomic mass is 32.1. The maximum Gasteiger partial charge on any atom is 0.228 e. The molecule has 0 bridgehead atoms. The number of aryl methyl sites for hydroxylation is 1. The lowest BCUT2D eigenvalue weighted by molar-refractivity contribution is -0.138. The van der Waals surface area contributed by atoms with E-state index in [0.29, 0.717) is 30.5 Å². The fraction of sp³-hybridized carbons (Fsp3) is 0.556. The van der Waals surface area contributed by atoms with E-state index in [0.717, 1.165) is 12.1 Å². The lowest BCUT2D eigenvalue weighted by Crippen LogP contribution is -2.42. The number of carbonyl (C=O) groups excluding carboxylic acids is 2. The van der Waals surface area contributed by atoms with Crippen molar-refractivity contribution in [3.8, 4) is 0 Å². The van der Waals surface area contributed by atoms with Gasteiger partial charge in [-0.15, -0.1) is 11.3 Å². The molecule has 8 nitrogen and oxygen atoms in total. The maximum atomic E-state index is 12.7. The molecule has 1 saturated heterocycles. The summed E-state index contributed by atoms with van der Waals surface area (Å²) >= 11 is 1.34. The van der Waals surface area contributed by atoms with E-state index in [1.54, 1.807) is 6.20 Å². The molecule has 0 unspecified atom stereocenters. The second kappa shape index (κ2) is 8.62. The zero-order valence-corrected chi connectivity index (χ0v) is 16.7. The Morgan fingerprint density at radius 1 is 1.44 bits per heavy atom. The van der Waals surface area contributed by atoms with Crippen molar-refractivity contribution in [3.63, 3.8) is 0 Å². The molecule has 1 aliphatic rings. The van der Waals surface area contributed by atoms with Crippen LogP contribution in [0.3, 0.4) is 0 Å². The predicted octanol–water partition coefficient (Wildman–Crippen LogP) is 2.10. The third-order valence-electron chi connectivity index (χ3n) is 4.41. The summed E-state index contributed by atoms with van der Waals surface area (Å²) < 4.78 is 7.66. The zero-order chi connectivity index (χ0) is 19.4. The van der Waals surface area contributed by atoms with Gasteiger partial charge >= 0.3 is 0 Å². The fourth-order valence-corrected chi connectivity index (χ4v) is 3.47. The number of rotatable bonds is 6. The second-order valence-electron chi connectivity index (χ2n) is 6.79. The number of carbonyl (C=O) groups is 2. The number of morpholine rings is 1. The molecule has 0 spiro atoms. The number of amides is 2. The summed E-state index contributed by atoms with van der Waals surface area (Å²) in [7, 11) is 0. The van der Waals surface area contributed by atoms with Gasteiger partial charge in [-0.3, -0.25) is 14.3 Å². The van der Waals surface area contributed by atoms with Crippen LogP contribution < -0.4 is 5.32 Å². The molecule has 1 aliphatic heterocycles. The number of hydrogen-bond acceptors (Lipinski definition) is 6. The highest BCUT2D eigenvalue weighted by Gasteiger charge is 2.26. The van der Waals surface area contributed by atoms with Crippen LogP contribution in [0.25, 0.3) is 0 Å². The van der Waals surface area contributed by atoms with E-state index >= 15 is 0 Å². The monoisotopic (exact) mass is 391 g/mol. The van der Waals surface area contributed by atoms with Crippen molar-refractivity contribution in [1.82, 2.24) is 19.7 Å². The first-order chi connectivity index (χ1) is 13.0. The van der Waals surface area contributed by atoms with Gasteiger partial charge in [-0.1, -0.05) is 13.8 Å². The number of thiazole rings is 1. The summed E-state index contributed by atoms with van der Waals surface area (Å²) in [5, 5.41) is 9.39. The molecule has 1 atom stereocenters. The summed E-state index contributed by atoms with van der Waals surface area (Å²) in [5.41, 5.74) is 1.66. The molecular weight excluding hydrogens is 366 g/mol. The zero-order valence-electron chi connectivity index (χ0n) is 15.8. The van der Waals surface area contributed by atoms with Crippen molar-refractivity contribution >= 4 is 28.3 Å². The van der Waals surface area contributed by atoms with E-state index in [1.165, 1.54) is 11.3 Å². The van der Waals surface area contributed by atoms with Gasteiger partial charge in [0.05, 0.1) is 31.5 Å². The third-order valence-corrected chi connectivity index (χ3v) is 5.21. The second-order valence-corrected chi connectivity index (χ2v) is 7.65. The van der Waals surface area contributed by atoms with Crippen molar-refractivity contribution in [1.29, 1.82) is 0 Å². The number of nitrogens with zero attached hydrogens (tertiary/aromatic N) is 4. The molecular formula is C18H25N5O3S. The Labute approximate surface area is 162 Å². The van der Waals surface area contributed by atoms with Crippen LogP contribution in [0.15, 0.2) is 17.8 Å². The number of anilines is 1. The molecule has 9 heteroatoms. The first-order valence-corrected chi connectivity index (χ1v) is 10.0. The van der Waals surface area contributed by atoms with Crippen molar-refractivity contribution in [2.45, 2.75) is 39.8 Å². The molecule has 1 N–H and O–H groups in total. The SMILES string of the molecule is CCn1cc([C@@H]2CN(C(=O)Cc3csc(NC(=O)C(C)C)n3)CCO2)cn1. The van der Waals surface area contributed by atoms with Crippen molar-refractivity contribution in [2.24, 2.45) is 5.92 Å². The van der Waals surface area contributed by atoms with Gasteiger partial charge in [0.25, 0.3) is 0 Å². The molecule has 3 heterocycles. The molecule has 0 radical (unpaired) electrons. The van der Waals surface area contributed by atoms with Gasteiger partial charge in [0, 0.05) is 36.1 Å². The minimum Gasteiger partial charge on any atom is -0.370 e. The average Bonchev–Trinajstić information content (AvgIpc) is 3.31. The highest BCUT2D eigenvalue weighted by molar-refractivity contribution is 7.13. The molecule has 27 heavy (non-hydrogen) atoms. The molecule has 0 aromatic carbocycles. The van der Waals surface area contributed by atoms with Gasteiger partial charge in [-0.05, 0) is 6.92 Å². The summed E-state index contributed by atoms with van der Waals surface area (Å²) in [6, 6.07) is 0. The Morgan fingerprint density at radius 3 is 2.96 bits per heavy atom. The minimum absolute atomic E-state index is 0.0122. The van der Waals surface area contributed by atoms with E-state index in [4.69, 9.17) is 4.74 Å². The smallest absolute Gasteiger partial charge is 0.228 e. The van der Waals surface area contributed by atoms with E-state index in [2.05, 4.69) is 15.4 Å². The van der Waals surface area contributed by atoms with Gasteiger partial charge < -0.3 is 15.0 Å². The van der Waals surface area contributed by atoms with E-state index < -0.39 is 0 Å². The number of aromatic nitrogens is 3. The summed E-state index contributed by atoms with van der Waals surface area (Å²) in [4.78, 5) is 30.6. The molecule has 2 aromatic heterocycles. The van der Waals surface area contributed by atoms with Gasteiger partial charge in [0.15, 0.2) is 5.13 Å². The van der Waals surface area contributed by atoms with Gasteiger partial charge in [-0.2, -0.15) is 5.10 Å². The third kappa shape index (κ3) is 4.92. The van der Waals surface area contributed by atoms with Crippen LogP contribution in [-0.2, 0) is 27.3 Å². The Hall–Kier alpha value is -2.26. The van der Waals surface area contributed by atoms with Gasteiger partial charge in [0.2, 0.25) is 11.8 Å². The summed E-state index contributed by atoms with van der Waals surface area (Å²) in [6.45, 7) is 8.06. The normalized spacial score (nSPS) is 17.3. The van der Waals surface area contributed by atoms with E-state index in [1.807, 2.05) is 41.9 Å². The lowest BCUT2D eigenvalue weighted by Gasteiger charge is -2.32. The van der Waals surface area contributed by atoms with Gasteiger partial charge in [0.1, 0.15) is 6.10 Å². The molecule has 1 fully saturated rings. The minimum atomic E-state index is -0.153. The Kier molecular flexibility index (Phi) is 6.22. The van der Waals surface area contributed by atoms with E-state index in [9.17, 15) is 9.59 Å². The number of hydrogen-bond donors (Lipinski definition) is 1. The quantitative estimate of drug-likeness (QED) is 0.814. The van der Waals surface area contributed by atoms with Crippen molar-refractivity contribution in [2.75, 3.05) is 25.0 Å². The average molecular weight is 391 g/mol. The molecule has 146 valence electrons. The Balaban J connectivity index is 1.57. The number of ether oxygens (including phenoxy) is 1. The molecule has 0 aliphatic carbocycles. The van der Waals surface area contributed by atoms with Crippen LogP contribution in [0, 0.1) is 5.92 Å². The van der Waals surface area contributed by atoms with Crippen molar-refractivity contribution < 1.29 is 14.3 Å². The largest absolute Gasteiger partial charge is 0.370 e. The van der Waals surface area contributed by atoms with Crippen LogP contribution in [0.1, 0.15) is 38.1 Å². The molecule has 0 saturated carbocycles. The first-order valence-electron chi connectivity index (χ1n) is 9.13. The first kappa shape index (κ1) is 19.5. The summed E-state index contributed by atoms with van der Waals surface area (Å²) in [6.07, 6.45) is 3.82. The van der Waals surface area contributed by atoms with Crippen LogP contribution in [-0.4, -0.2) is 51.2 Å². The van der Waals surface area contributed by atoms with Crippen LogP contribution >= 0.6 is 11.3 Å². The lowest BCUT2D eigenvalue weighted by atomic mass is 10.1. The van der Waals surface area contributed by atoms with Crippen LogP contribution in [0.5, 0.6) is 0 Å². The number of nitrogens with one attached hydrogen (secondary N) is 1. The maximum absolute atomic E-state index is 12.7. The molecule has 3 rings (SSSR count). The predicted molar refractivity (Wildman–Crippen MR) is 102 cm³/mol. The van der Waals surface area contributed by atoms with E-state index in [-0.39, 0.29) is 30.3 Å². The topological polar surface area (TPSA) is 89.4 Å². The standard InChI is InChI=1S/C18H25N5O3S/c1-4-23-9-13(8-19-23)15-10-22(5-6-26-15)16(24)7-14-11-27-18(20-14)21-17(25)12(2)3/h8-9,11-12,15H,4-7,10H2,1-3H3,(H,20,21,25)/t15-/m0/s1. The van der Waals surface area contributed by atoms with Crippen LogP contribution in [0.2, 0.25) is 0 Å². The Morgan fingerprint density at radius 2 is 2.26 bits per heavy atom. The van der Waals surface area contributed by atoms with Gasteiger partial charge in [-0.25, -0.2) is 4.98 Å². The Bertz CT molecular complexity index is 801. The highest BCUT2D eigenvalue weighted by Crippen LogP contribution is 2.23.